The Kier molecular flexibility index (Phi) is 4.68. The molecule has 3 fully saturated rings. The third-order valence-corrected chi connectivity index (χ3v) is 6.34. The van der Waals surface area contributed by atoms with Gasteiger partial charge < -0.3 is 14.8 Å². The van der Waals surface area contributed by atoms with E-state index in [1.807, 2.05) is 0 Å². The molecule has 0 aromatic rings. The van der Waals surface area contributed by atoms with E-state index in [0.717, 1.165) is 44.1 Å². The van der Waals surface area contributed by atoms with Gasteiger partial charge in [-0.3, -0.25) is 0 Å². The van der Waals surface area contributed by atoms with E-state index in [0.29, 0.717) is 11.5 Å². The van der Waals surface area contributed by atoms with Gasteiger partial charge in [-0.05, 0) is 56.8 Å². The number of hydrogen-bond acceptors (Lipinski definition) is 3. The van der Waals surface area contributed by atoms with Gasteiger partial charge in [-0.1, -0.05) is 6.42 Å². The number of methoxy groups -OCH3 is 1. The van der Waals surface area contributed by atoms with Crippen LogP contribution in [0, 0.1) is 23.2 Å². The summed E-state index contributed by atoms with van der Waals surface area (Å²) in [6, 6.07) is 0. The average molecular weight is 281 g/mol. The molecule has 1 heterocycles. The van der Waals surface area contributed by atoms with Gasteiger partial charge in [0.25, 0.3) is 0 Å². The van der Waals surface area contributed by atoms with Gasteiger partial charge in [0.05, 0.1) is 12.7 Å². The molecule has 3 aliphatic rings. The largest absolute Gasteiger partial charge is 0.383 e. The fourth-order valence-corrected chi connectivity index (χ4v) is 5.05. The highest BCUT2D eigenvalue weighted by atomic mass is 16.5. The van der Waals surface area contributed by atoms with Gasteiger partial charge in [0.2, 0.25) is 0 Å². The molecular weight excluding hydrogens is 250 g/mol. The van der Waals surface area contributed by atoms with Crippen LogP contribution in [0.3, 0.4) is 0 Å². The lowest BCUT2D eigenvalue weighted by Crippen LogP contribution is -2.42. The van der Waals surface area contributed by atoms with Crippen LogP contribution < -0.4 is 5.32 Å². The van der Waals surface area contributed by atoms with E-state index in [1.54, 1.807) is 7.11 Å². The van der Waals surface area contributed by atoms with Crippen molar-refractivity contribution in [2.24, 2.45) is 23.2 Å². The molecule has 3 nitrogen and oxygen atoms in total. The Labute approximate surface area is 123 Å². The first-order valence-corrected chi connectivity index (χ1v) is 8.55. The Balaban J connectivity index is 1.58. The van der Waals surface area contributed by atoms with Crippen molar-refractivity contribution in [1.29, 1.82) is 0 Å². The van der Waals surface area contributed by atoms with Crippen LogP contribution in [-0.4, -0.2) is 39.5 Å². The van der Waals surface area contributed by atoms with Crippen LogP contribution in [0.15, 0.2) is 0 Å². The van der Waals surface area contributed by atoms with Crippen molar-refractivity contribution in [2.75, 3.05) is 33.4 Å². The summed E-state index contributed by atoms with van der Waals surface area (Å²) >= 11 is 0. The predicted molar refractivity (Wildman–Crippen MR) is 80.8 cm³/mol. The molecule has 3 rings (SSSR count). The zero-order valence-electron chi connectivity index (χ0n) is 13.2. The number of hydrogen-bond donors (Lipinski definition) is 1. The number of rotatable bonds is 7. The smallest absolute Gasteiger partial charge is 0.0616 e. The van der Waals surface area contributed by atoms with Crippen LogP contribution in [-0.2, 0) is 9.47 Å². The molecule has 3 heteroatoms. The molecule has 0 amide bonds. The first-order valence-electron chi connectivity index (χ1n) is 8.55. The fraction of sp³-hybridized carbons (Fsp3) is 1.00. The molecule has 2 bridgehead atoms. The molecule has 2 saturated carbocycles. The molecule has 1 N–H and O–H groups in total. The Morgan fingerprint density at radius 3 is 2.80 bits per heavy atom. The van der Waals surface area contributed by atoms with Crippen molar-refractivity contribution in [3.8, 4) is 0 Å². The van der Waals surface area contributed by atoms with Gasteiger partial charge in [-0.25, -0.2) is 0 Å². The van der Waals surface area contributed by atoms with Gasteiger partial charge in [-0.2, -0.15) is 0 Å². The summed E-state index contributed by atoms with van der Waals surface area (Å²) < 4.78 is 11.1. The zero-order valence-corrected chi connectivity index (χ0v) is 13.2. The Morgan fingerprint density at radius 2 is 2.20 bits per heavy atom. The van der Waals surface area contributed by atoms with E-state index in [9.17, 15) is 0 Å². The number of ether oxygens (including phenoxy) is 2. The summed E-state index contributed by atoms with van der Waals surface area (Å²) in [6.07, 6.45) is 9.06. The monoisotopic (exact) mass is 281 g/mol. The van der Waals surface area contributed by atoms with E-state index >= 15 is 0 Å². The molecule has 0 aromatic carbocycles. The standard InChI is InChI=1S/C17H31NO2/c1-13-17(5-7-20-13,12-18-6-8-19-2)11-16-10-14-3-4-15(16)9-14/h13-16,18H,3-12H2,1-2H3. The minimum Gasteiger partial charge on any atom is -0.383 e. The molecule has 116 valence electrons. The third kappa shape index (κ3) is 2.90. The fourth-order valence-electron chi connectivity index (χ4n) is 5.05. The second-order valence-electron chi connectivity index (χ2n) is 7.43. The van der Waals surface area contributed by atoms with Crippen molar-refractivity contribution in [2.45, 2.75) is 51.6 Å². The third-order valence-electron chi connectivity index (χ3n) is 6.34. The maximum atomic E-state index is 5.94. The summed E-state index contributed by atoms with van der Waals surface area (Å²) in [7, 11) is 1.77. The Bertz CT molecular complexity index is 322. The van der Waals surface area contributed by atoms with Crippen molar-refractivity contribution in [1.82, 2.24) is 5.32 Å². The van der Waals surface area contributed by atoms with Crippen LogP contribution in [0.1, 0.15) is 45.4 Å². The molecule has 5 atom stereocenters. The summed E-state index contributed by atoms with van der Waals surface area (Å²) in [4.78, 5) is 0. The van der Waals surface area contributed by atoms with Crippen LogP contribution in [0.2, 0.25) is 0 Å². The molecule has 1 saturated heterocycles. The molecule has 0 radical (unpaired) electrons. The van der Waals surface area contributed by atoms with E-state index in [2.05, 4.69) is 12.2 Å². The maximum Gasteiger partial charge on any atom is 0.0616 e. The molecule has 1 aliphatic heterocycles. The normalized spacial score (nSPS) is 43.5. The molecule has 0 spiro atoms. The van der Waals surface area contributed by atoms with Crippen molar-refractivity contribution in [3.63, 3.8) is 0 Å². The van der Waals surface area contributed by atoms with Gasteiger partial charge in [-0.15, -0.1) is 0 Å². The van der Waals surface area contributed by atoms with Crippen LogP contribution >= 0.6 is 0 Å². The summed E-state index contributed by atoms with van der Waals surface area (Å²) in [5.41, 5.74) is 0.378. The van der Waals surface area contributed by atoms with Gasteiger partial charge in [0.15, 0.2) is 0 Å². The van der Waals surface area contributed by atoms with Crippen LogP contribution in [0.5, 0.6) is 0 Å². The van der Waals surface area contributed by atoms with E-state index in [4.69, 9.17) is 9.47 Å². The minimum atomic E-state index is 0.378. The zero-order chi connectivity index (χ0) is 14.0. The van der Waals surface area contributed by atoms with Crippen LogP contribution in [0.25, 0.3) is 0 Å². The molecular formula is C17H31NO2. The number of nitrogens with one attached hydrogen (secondary N) is 1. The minimum absolute atomic E-state index is 0.378. The lowest BCUT2D eigenvalue weighted by molar-refractivity contribution is 0.0419. The van der Waals surface area contributed by atoms with E-state index in [1.165, 1.54) is 38.5 Å². The molecule has 20 heavy (non-hydrogen) atoms. The average Bonchev–Trinajstić information content (AvgIpc) is 3.13. The van der Waals surface area contributed by atoms with Crippen molar-refractivity contribution >= 4 is 0 Å². The molecule has 2 aliphatic carbocycles. The van der Waals surface area contributed by atoms with Crippen molar-refractivity contribution < 1.29 is 9.47 Å². The number of fused-ring (bicyclic) bond motifs is 2. The molecule has 0 aromatic heterocycles. The first-order chi connectivity index (χ1) is 9.73. The Morgan fingerprint density at radius 1 is 1.30 bits per heavy atom. The van der Waals surface area contributed by atoms with E-state index < -0.39 is 0 Å². The quantitative estimate of drug-likeness (QED) is 0.728. The first kappa shape index (κ1) is 14.8. The summed E-state index contributed by atoms with van der Waals surface area (Å²) in [6.45, 7) is 6.11. The van der Waals surface area contributed by atoms with Gasteiger partial charge in [0.1, 0.15) is 0 Å². The van der Waals surface area contributed by atoms with Crippen LogP contribution in [0.4, 0.5) is 0 Å². The lowest BCUT2D eigenvalue weighted by Gasteiger charge is -2.37. The van der Waals surface area contributed by atoms with Crippen molar-refractivity contribution in [3.05, 3.63) is 0 Å². The topological polar surface area (TPSA) is 30.5 Å². The maximum absolute atomic E-state index is 5.94. The second-order valence-corrected chi connectivity index (χ2v) is 7.43. The summed E-state index contributed by atoms with van der Waals surface area (Å²) in [5, 5.41) is 3.61. The highest BCUT2D eigenvalue weighted by Gasteiger charge is 2.47. The second kappa shape index (κ2) is 6.33. The van der Waals surface area contributed by atoms with E-state index in [-0.39, 0.29) is 0 Å². The SMILES string of the molecule is COCCNCC1(CC2CC3CCC2C3)CCOC1C. The summed E-state index contributed by atoms with van der Waals surface area (Å²) in [5.74, 6) is 3.06. The lowest BCUT2D eigenvalue weighted by atomic mass is 9.70. The van der Waals surface area contributed by atoms with Gasteiger partial charge in [0, 0.05) is 32.2 Å². The highest BCUT2D eigenvalue weighted by molar-refractivity contribution is 4.98. The molecule has 5 unspecified atom stereocenters. The predicted octanol–water partition coefficient (Wildman–Crippen LogP) is 2.84. The Hall–Kier alpha value is -0.120. The highest BCUT2D eigenvalue weighted by Crippen LogP contribution is 2.53. The van der Waals surface area contributed by atoms with Gasteiger partial charge >= 0.3 is 0 Å².